The standard InChI is InChI=1S/C14H19ClN2O2/c1-10(2)14(19)16-7-8-17(11(3)18)13-6-4-5-12(15)9-13/h4-6,9-10H,7-8H2,1-3H3,(H,16,19). The van der Waals surface area contributed by atoms with Crippen LogP contribution in [0, 0.1) is 5.92 Å². The second-order valence-corrected chi connectivity index (χ2v) is 5.03. The van der Waals surface area contributed by atoms with Gasteiger partial charge in [0.1, 0.15) is 0 Å². The van der Waals surface area contributed by atoms with Crippen LogP contribution >= 0.6 is 11.6 Å². The number of amides is 2. The topological polar surface area (TPSA) is 49.4 Å². The van der Waals surface area contributed by atoms with Crippen LogP contribution in [0.4, 0.5) is 5.69 Å². The number of hydrogen-bond acceptors (Lipinski definition) is 2. The van der Waals surface area contributed by atoms with Gasteiger partial charge >= 0.3 is 0 Å². The van der Waals surface area contributed by atoms with Gasteiger partial charge < -0.3 is 10.2 Å². The maximum atomic E-state index is 11.6. The van der Waals surface area contributed by atoms with Crippen LogP contribution < -0.4 is 10.2 Å². The molecule has 0 heterocycles. The predicted octanol–water partition coefficient (Wildman–Crippen LogP) is 2.47. The molecule has 0 unspecified atom stereocenters. The van der Waals surface area contributed by atoms with Crippen molar-refractivity contribution in [2.24, 2.45) is 5.92 Å². The molecule has 0 saturated heterocycles. The molecule has 1 aromatic carbocycles. The van der Waals surface area contributed by atoms with E-state index in [2.05, 4.69) is 5.32 Å². The van der Waals surface area contributed by atoms with Crippen LogP contribution in [0.5, 0.6) is 0 Å². The van der Waals surface area contributed by atoms with Crippen molar-refractivity contribution >= 4 is 29.1 Å². The lowest BCUT2D eigenvalue weighted by atomic mass is 10.2. The Morgan fingerprint density at radius 1 is 1.37 bits per heavy atom. The fraction of sp³-hybridized carbons (Fsp3) is 0.429. The average molecular weight is 283 g/mol. The zero-order valence-corrected chi connectivity index (χ0v) is 12.2. The van der Waals surface area contributed by atoms with Crippen molar-refractivity contribution in [3.05, 3.63) is 29.3 Å². The molecule has 104 valence electrons. The number of nitrogens with one attached hydrogen (secondary N) is 1. The highest BCUT2D eigenvalue weighted by molar-refractivity contribution is 6.30. The molecule has 0 aliphatic heterocycles. The Morgan fingerprint density at radius 2 is 2.05 bits per heavy atom. The van der Waals surface area contributed by atoms with E-state index < -0.39 is 0 Å². The lowest BCUT2D eigenvalue weighted by Crippen LogP contribution is -2.38. The molecule has 0 aliphatic rings. The number of benzene rings is 1. The third-order valence-electron chi connectivity index (χ3n) is 2.66. The average Bonchev–Trinajstić information content (AvgIpc) is 2.33. The van der Waals surface area contributed by atoms with Crippen molar-refractivity contribution < 1.29 is 9.59 Å². The summed E-state index contributed by atoms with van der Waals surface area (Å²) < 4.78 is 0. The van der Waals surface area contributed by atoms with E-state index in [9.17, 15) is 9.59 Å². The van der Waals surface area contributed by atoms with Gasteiger partial charge in [0, 0.05) is 36.6 Å². The monoisotopic (exact) mass is 282 g/mol. The smallest absolute Gasteiger partial charge is 0.223 e. The molecule has 0 bridgehead atoms. The molecule has 1 N–H and O–H groups in total. The van der Waals surface area contributed by atoms with Crippen molar-refractivity contribution in [1.29, 1.82) is 0 Å². The predicted molar refractivity (Wildman–Crippen MR) is 77.3 cm³/mol. The van der Waals surface area contributed by atoms with E-state index in [0.717, 1.165) is 5.69 Å². The SMILES string of the molecule is CC(=O)N(CCNC(=O)C(C)C)c1cccc(Cl)c1. The van der Waals surface area contributed by atoms with Gasteiger partial charge in [-0.25, -0.2) is 0 Å². The van der Waals surface area contributed by atoms with Gasteiger partial charge in [-0.05, 0) is 18.2 Å². The summed E-state index contributed by atoms with van der Waals surface area (Å²) in [6.45, 7) is 5.99. The van der Waals surface area contributed by atoms with Gasteiger partial charge in [0.25, 0.3) is 0 Å². The van der Waals surface area contributed by atoms with Crippen LogP contribution in [0.2, 0.25) is 5.02 Å². The van der Waals surface area contributed by atoms with E-state index in [1.165, 1.54) is 6.92 Å². The van der Waals surface area contributed by atoms with Crippen LogP contribution in [-0.2, 0) is 9.59 Å². The van der Waals surface area contributed by atoms with Gasteiger partial charge in [-0.2, -0.15) is 0 Å². The van der Waals surface area contributed by atoms with Crippen molar-refractivity contribution in [3.8, 4) is 0 Å². The number of carbonyl (C=O) groups is 2. The molecule has 0 fully saturated rings. The van der Waals surface area contributed by atoms with Crippen molar-refractivity contribution in [3.63, 3.8) is 0 Å². The zero-order chi connectivity index (χ0) is 14.4. The molecular weight excluding hydrogens is 264 g/mol. The first-order chi connectivity index (χ1) is 8.91. The molecule has 5 heteroatoms. The lowest BCUT2D eigenvalue weighted by molar-refractivity contribution is -0.124. The summed E-state index contributed by atoms with van der Waals surface area (Å²) in [5, 5.41) is 3.36. The molecular formula is C14H19ClN2O2. The van der Waals surface area contributed by atoms with Gasteiger partial charge in [-0.15, -0.1) is 0 Å². The molecule has 0 spiro atoms. The molecule has 0 saturated carbocycles. The summed E-state index contributed by atoms with van der Waals surface area (Å²) in [7, 11) is 0. The highest BCUT2D eigenvalue weighted by Crippen LogP contribution is 2.19. The van der Waals surface area contributed by atoms with Gasteiger partial charge in [0.15, 0.2) is 0 Å². The Labute approximate surface area is 118 Å². The van der Waals surface area contributed by atoms with Crippen molar-refractivity contribution in [2.45, 2.75) is 20.8 Å². The fourth-order valence-corrected chi connectivity index (χ4v) is 1.79. The summed E-state index contributed by atoms with van der Waals surface area (Å²) in [5.74, 6) is -0.160. The molecule has 4 nitrogen and oxygen atoms in total. The molecule has 0 aromatic heterocycles. The van der Waals surface area contributed by atoms with Crippen LogP contribution in [0.1, 0.15) is 20.8 Å². The Kier molecular flexibility index (Phi) is 5.83. The van der Waals surface area contributed by atoms with Crippen LogP contribution in [0.3, 0.4) is 0 Å². The van der Waals surface area contributed by atoms with Crippen LogP contribution in [-0.4, -0.2) is 24.9 Å². The minimum atomic E-state index is -0.0823. The summed E-state index contributed by atoms with van der Waals surface area (Å²) in [5.41, 5.74) is 0.735. The molecule has 2 amide bonds. The van der Waals surface area contributed by atoms with Gasteiger partial charge in [0.2, 0.25) is 11.8 Å². The number of rotatable bonds is 5. The highest BCUT2D eigenvalue weighted by atomic mass is 35.5. The van der Waals surface area contributed by atoms with Crippen molar-refractivity contribution in [2.75, 3.05) is 18.0 Å². The normalized spacial score (nSPS) is 10.4. The Bertz CT molecular complexity index is 461. The second-order valence-electron chi connectivity index (χ2n) is 4.60. The van der Waals surface area contributed by atoms with Gasteiger partial charge in [0.05, 0.1) is 0 Å². The van der Waals surface area contributed by atoms with Crippen LogP contribution in [0.15, 0.2) is 24.3 Å². The Morgan fingerprint density at radius 3 is 2.58 bits per heavy atom. The van der Waals surface area contributed by atoms with E-state index in [1.54, 1.807) is 23.1 Å². The minimum Gasteiger partial charge on any atom is -0.354 e. The number of nitrogens with zero attached hydrogens (tertiary/aromatic N) is 1. The van der Waals surface area contributed by atoms with Crippen molar-refractivity contribution in [1.82, 2.24) is 5.32 Å². The first kappa shape index (κ1) is 15.5. The molecule has 19 heavy (non-hydrogen) atoms. The summed E-state index contributed by atoms with van der Waals surface area (Å²) in [6.07, 6.45) is 0. The molecule has 0 aliphatic carbocycles. The molecule has 0 radical (unpaired) electrons. The Balaban J connectivity index is 2.65. The third kappa shape index (κ3) is 4.91. The first-order valence-corrected chi connectivity index (χ1v) is 6.61. The second kappa shape index (κ2) is 7.14. The largest absolute Gasteiger partial charge is 0.354 e. The first-order valence-electron chi connectivity index (χ1n) is 6.23. The molecule has 0 atom stereocenters. The highest BCUT2D eigenvalue weighted by Gasteiger charge is 2.12. The molecule has 1 rings (SSSR count). The quantitative estimate of drug-likeness (QED) is 0.902. The van der Waals surface area contributed by atoms with E-state index in [1.807, 2.05) is 19.9 Å². The number of anilines is 1. The van der Waals surface area contributed by atoms with Gasteiger partial charge in [-0.1, -0.05) is 31.5 Å². The van der Waals surface area contributed by atoms with E-state index in [-0.39, 0.29) is 17.7 Å². The van der Waals surface area contributed by atoms with Crippen LogP contribution in [0.25, 0.3) is 0 Å². The maximum Gasteiger partial charge on any atom is 0.223 e. The van der Waals surface area contributed by atoms with Gasteiger partial charge in [-0.3, -0.25) is 9.59 Å². The summed E-state index contributed by atoms with van der Waals surface area (Å²) in [4.78, 5) is 24.7. The Hall–Kier alpha value is -1.55. The lowest BCUT2D eigenvalue weighted by Gasteiger charge is -2.21. The number of carbonyl (C=O) groups excluding carboxylic acids is 2. The zero-order valence-electron chi connectivity index (χ0n) is 11.4. The van der Waals surface area contributed by atoms with E-state index in [4.69, 9.17) is 11.6 Å². The third-order valence-corrected chi connectivity index (χ3v) is 2.89. The van der Waals surface area contributed by atoms with E-state index in [0.29, 0.717) is 18.1 Å². The molecule has 1 aromatic rings. The van der Waals surface area contributed by atoms with E-state index >= 15 is 0 Å². The maximum absolute atomic E-state index is 11.6. The summed E-state index contributed by atoms with van der Waals surface area (Å²) >= 11 is 5.91. The number of halogens is 1. The number of hydrogen-bond donors (Lipinski definition) is 1. The fourth-order valence-electron chi connectivity index (χ4n) is 1.61. The summed E-state index contributed by atoms with van der Waals surface area (Å²) in [6, 6.07) is 7.09. The minimum absolute atomic E-state index is 0.0189.